The van der Waals surface area contributed by atoms with E-state index < -0.39 is 18.0 Å². The molecule has 1 fully saturated rings. The maximum absolute atomic E-state index is 12.2. The number of carbonyl (C=O) groups excluding carboxylic acids is 3. The summed E-state index contributed by atoms with van der Waals surface area (Å²) < 4.78 is 0. The number of nitrogens with zero attached hydrogens (tertiary/aromatic N) is 1. The van der Waals surface area contributed by atoms with Crippen molar-refractivity contribution in [2.45, 2.75) is 51.1 Å². The minimum Gasteiger partial charge on any atom is -0.368 e. The van der Waals surface area contributed by atoms with Gasteiger partial charge in [0.05, 0.1) is 0 Å². The Labute approximate surface area is 119 Å². The Morgan fingerprint density at radius 3 is 2.60 bits per heavy atom. The Bertz CT molecular complexity index is 373. The van der Waals surface area contributed by atoms with Gasteiger partial charge in [0.2, 0.25) is 17.7 Å². The number of rotatable bonds is 7. The minimum absolute atomic E-state index is 0.124. The van der Waals surface area contributed by atoms with Gasteiger partial charge in [0.25, 0.3) is 0 Å². The molecule has 0 radical (unpaired) electrons. The maximum Gasteiger partial charge on any atom is 0.243 e. The Kier molecular flexibility index (Phi) is 6.44. The maximum atomic E-state index is 12.2. The molecule has 1 rings (SSSR count). The van der Waals surface area contributed by atoms with Crippen LogP contribution in [0.1, 0.15) is 39.0 Å². The molecular formula is C13H24N4O3. The van der Waals surface area contributed by atoms with Gasteiger partial charge in [0.1, 0.15) is 12.1 Å². The molecule has 0 aromatic rings. The van der Waals surface area contributed by atoms with E-state index in [9.17, 15) is 14.4 Å². The van der Waals surface area contributed by atoms with Gasteiger partial charge in [-0.2, -0.15) is 0 Å². The van der Waals surface area contributed by atoms with Crippen LogP contribution in [0.5, 0.6) is 0 Å². The van der Waals surface area contributed by atoms with Gasteiger partial charge < -0.3 is 21.7 Å². The zero-order valence-electron chi connectivity index (χ0n) is 11.9. The number of primary amides is 1. The zero-order chi connectivity index (χ0) is 15.1. The summed E-state index contributed by atoms with van der Waals surface area (Å²) in [6.07, 6.45) is 3.41. The van der Waals surface area contributed by atoms with Crippen molar-refractivity contribution in [2.24, 2.45) is 11.5 Å². The highest BCUT2D eigenvalue weighted by Gasteiger charge is 2.33. The second-order valence-electron chi connectivity index (χ2n) is 5.12. The van der Waals surface area contributed by atoms with Gasteiger partial charge >= 0.3 is 0 Å². The first kappa shape index (κ1) is 16.4. The number of nitrogens with one attached hydrogen (secondary N) is 1. The van der Waals surface area contributed by atoms with E-state index in [1.807, 2.05) is 0 Å². The fraction of sp³-hybridized carbons (Fsp3) is 0.769. The number of hydrogen-bond acceptors (Lipinski definition) is 4. The number of hydrogen-bond donors (Lipinski definition) is 3. The standard InChI is InChI=1S/C13H24N4O3/c1-9(18)17-8-4-6-11(17)13(20)16-10(12(15)19)5-2-3-7-14/h10-11H,2-8,14H2,1H3,(H2,15,19)(H,16,20). The first-order valence-corrected chi connectivity index (χ1v) is 7.04. The van der Waals surface area contributed by atoms with Crippen LogP contribution in [0, 0.1) is 0 Å². The van der Waals surface area contributed by atoms with Crippen molar-refractivity contribution in [1.82, 2.24) is 10.2 Å². The van der Waals surface area contributed by atoms with Crippen molar-refractivity contribution in [3.63, 3.8) is 0 Å². The summed E-state index contributed by atoms with van der Waals surface area (Å²) in [6.45, 7) is 2.57. The SMILES string of the molecule is CC(=O)N1CCCC1C(=O)NC(CCCCN)C(N)=O. The molecule has 0 aliphatic carbocycles. The predicted molar refractivity (Wildman–Crippen MR) is 74.4 cm³/mol. The van der Waals surface area contributed by atoms with E-state index in [-0.39, 0.29) is 11.8 Å². The third-order valence-corrected chi connectivity index (χ3v) is 3.57. The molecule has 0 saturated carbocycles. The average Bonchev–Trinajstić information content (AvgIpc) is 2.86. The van der Waals surface area contributed by atoms with Crippen molar-refractivity contribution in [2.75, 3.05) is 13.1 Å². The van der Waals surface area contributed by atoms with E-state index in [4.69, 9.17) is 11.5 Å². The van der Waals surface area contributed by atoms with Crippen molar-refractivity contribution < 1.29 is 14.4 Å². The highest BCUT2D eigenvalue weighted by Crippen LogP contribution is 2.17. The highest BCUT2D eigenvalue weighted by atomic mass is 16.2. The molecule has 2 atom stereocenters. The van der Waals surface area contributed by atoms with Crippen LogP contribution in [0.2, 0.25) is 0 Å². The molecule has 2 unspecified atom stereocenters. The molecule has 1 aliphatic heterocycles. The third-order valence-electron chi connectivity index (χ3n) is 3.57. The Morgan fingerprint density at radius 2 is 2.05 bits per heavy atom. The predicted octanol–water partition coefficient (Wildman–Crippen LogP) is -0.904. The van der Waals surface area contributed by atoms with Gasteiger partial charge in [-0.15, -0.1) is 0 Å². The molecule has 1 saturated heterocycles. The lowest BCUT2D eigenvalue weighted by Crippen LogP contribution is -2.51. The fourth-order valence-corrected chi connectivity index (χ4v) is 2.46. The van der Waals surface area contributed by atoms with Crippen molar-refractivity contribution >= 4 is 17.7 Å². The van der Waals surface area contributed by atoms with E-state index in [0.29, 0.717) is 25.9 Å². The van der Waals surface area contributed by atoms with Crippen LogP contribution in [0.25, 0.3) is 0 Å². The van der Waals surface area contributed by atoms with Gasteiger partial charge in [-0.05, 0) is 38.6 Å². The lowest BCUT2D eigenvalue weighted by Gasteiger charge is -2.24. The number of likely N-dealkylation sites (tertiary alicyclic amines) is 1. The summed E-state index contributed by atoms with van der Waals surface area (Å²) in [6, 6.07) is -1.17. The van der Waals surface area contributed by atoms with Gasteiger partial charge in [-0.1, -0.05) is 0 Å². The number of unbranched alkanes of at least 4 members (excludes halogenated alkanes) is 1. The van der Waals surface area contributed by atoms with Crippen LogP contribution in [-0.2, 0) is 14.4 Å². The number of nitrogens with two attached hydrogens (primary N) is 2. The zero-order valence-corrected chi connectivity index (χ0v) is 11.9. The molecule has 0 aromatic carbocycles. The molecule has 0 aromatic heterocycles. The van der Waals surface area contributed by atoms with Crippen LogP contribution >= 0.6 is 0 Å². The van der Waals surface area contributed by atoms with Gasteiger partial charge in [0.15, 0.2) is 0 Å². The summed E-state index contributed by atoms with van der Waals surface area (Å²) in [5.41, 5.74) is 10.7. The normalized spacial score (nSPS) is 19.7. The lowest BCUT2D eigenvalue weighted by atomic mass is 10.1. The van der Waals surface area contributed by atoms with E-state index >= 15 is 0 Å². The first-order valence-electron chi connectivity index (χ1n) is 7.04. The molecule has 1 aliphatic rings. The van der Waals surface area contributed by atoms with Crippen LogP contribution < -0.4 is 16.8 Å². The number of carbonyl (C=O) groups is 3. The van der Waals surface area contributed by atoms with Crippen LogP contribution in [0.4, 0.5) is 0 Å². The van der Waals surface area contributed by atoms with E-state index in [1.165, 1.54) is 11.8 Å². The summed E-state index contributed by atoms with van der Waals surface area (Å²) >= 11 is 0. The average molecular weight is 284 g/mol. The molecule has 1 heterocycles. The molecule has 0 spiro atoms. The molecule has 7 heteroatoms. The van der Waals surface area contributed by atoms with E-state index in [2.05, 4.69) is 5.32 Å². The van der Waals surface area contributed by atoms with E-state index in [1.54, 1.807) is 0 Å². The number of amides is 3. The van der Waals surface area contributed by atoms with Crippen molar-refractivity contribution in [3.05, 3.63) is 0 Å². The Hall–Kier alpha value is -1.63. The molecule has 0 bridgehead atoms. The van der Waals surface area contributed by atoms with Crippen LogP contribution in [0.15, 0.2) is 0 Å². The van der Waals surface area contributed by atoms with Crippen molar-refractivity contribution in [1.29, 1.82) is 0 Å². The molecule has 7 nitrogen and oxygen atoms in total. The van der Waals surface area contributed by atoms with Gasteiger partial charge in [-0.25, -0.2) is 0 Å². The quantitative estimate of drug-likeness (QED) is 0.525. The Morgan fingerprint density at radius 1 is 1.35 bits per heavy atom. The van der Waals surface area contributed by atoms with Crippen molar-refractivity contribution in [3.8, 4) is 0 Å². The monoisotopic (exact) mass is 284 g/mol. The minimum atomic E-state index is -0.691. The Balaban J connectivity index is 2.56. The summed E-state index contributed by atoms with van der Waals surface area (Å²) in [5, 5.41) is 2.65. The molecule has 3 amide bonds. The topological polar surface area (TPSA) is 119 Å². The second kappa shape index (κ2) is 7.84. The van der Waals surface area contributed by atoms with Gasteiger partial charge in [-0.3, -0.25) is 14.4 Å². The first-order chi connectivity index (χ1) is 9.47. The largest absolute Gasteiger partial charge is 0.368 e. The molecular weight excluding hydrogens is 260 g/mol. The summed E-state index contributed by atoms with van der Waals surface area (Å²) in [4.78, 5) is 36.5. The molecule has 114 valence electrons. The van der Waals surface area contributed by atoms with Crippen LogP contribution in [-0.4, -0.2) is 47.8 Å². The smallest absolute Gasteiger partial charge is 0.243 e. The third kappa shape index (κ3) is 4.48. The van der Waals surface area contributed by atoms with Crippen LogP contribution in [0.3, 0.4) is 0 Å². The molecule has 20 heavy (non-hydrogen) atoms. The lowest BCUT2D eigenvalue weighted by molar-refractivity contribution is -0.138. The fourth-order valence-electron chi connectivity index (χ4n) is 2.46. The highest BCUT2D eigenvalue weighted by molar-refractivity contribution is 5.91. The summed E-state index contributed by atoms with van der Waals surface area (Å²) in [7, 11) is 0. The van der Waals surface area contributed by atoms with Gasteiger partial charge in [0, 0.05) is 13.5 Å². The summed E-state index contributed by atoms with van der Waals surface area (Å²) in [5.74, 6) is -0.974. The van der Waals surface area contributed by atoms with E-state index in [0.717, 1.165) is 19.3 Å². The molecule has 5 N–H and O–H groups in total. The second-order valence-corrected chi connectivity index (χ2v) is 5.12.